The van der Waals surface area contributed by atoms with Crippen LogP contribution in [0.3, 0.4) is 0 Å². The normalized spacial score (nSPS) is 24.0. The number of carbonyl (C=O) groups excluding carboxylic acids is 2. The summed E-state index contributed by atoms with van der Waals surface area (Å²) in [6.07, 6.45) is 6.33. The minimum absolute atomic E-state index is 0.0590. The summed E-state index contributed by atoms with van der Waals surface area (Å²) in [6, 6.07) is 7.97. The third-order valence-electron chi connectivity index (χ3n) is 7.54. The Balaban J connectivity index is 1.32. The Hall–Kier alpha value is -1.93. The van der Waals surface area contributed by atoms with E-state index in [4.69, 9.17) is 0 Å². The van der Waals surface area contributed by atoms with Gasteiger partial charge in [0.25, 0.3) is 0 Å². The molecule has 182 valence electrons. The Labute approximate surface area is 198 Å². The predicted molar refractivity (Wildman–Crippen MR) is 129 cm³/mol. The smallest absolute Gasteiger partial charge is 0.237 e. The maximum Gasteiger partial charge on any atom is 0.237 e. The molecule has 1 aromatic carbocycles. The Kier molecular flexibility index (Phi) is 7.74. The summed E-state index contributed by atoms with van der Waals surface area (Å²) in [5, 5.41) is 0. The van der Waals surface area contributed by atoms with E-state index in [0.29, 0.717) is 45.6 Å². The third-order valence-corrected chi connectivity index (χ3v) is 9.30. The van der Waals surface area contributed by atoms with Crippen molar-refractivity contribution in [3.05, 3.63) is 35.4 Å². The molecule has 1 atom stereocenters. The molecule has 2 heterocycles. The van der Waals surface area contributed by atoms with Gasteiger partial charge in [-0.25, -0.2) is 8.42 Å². The van der Waals surface area contributed by atoms with Crippen LogP contribution in [0, 0.1) is 6.92 Å². The fraction of sp³-hybridized carbons (Fsp3) is 0.680. The van der Waals surface area contributed by atoms with Crippen molar-refractivity contribution in [2.45, 2.75) is 64.0 Å². The lowest BCUT2D eigenvalue weighted by atomic mass is 9.92. The molecule has 4 rings (SSSR count). The first-order chi connectivity index (χ1) is 15.8. The molecule has 0 aromatic heterocycles. The van der Waals surface area contributed by atoms with Crippen molar-refractivity contribution in [3.63, 3.8) is 0 Å². The summed E-state index contributed by atoms with van der Waals surface area (Å²) in [4.78, 5) is 32.2. The van der Waals surface area contributed by atoms with Gasteiger partial charge in [0.1, 0.15) is 0 Å². The van der Waals surface area contributed by atoms with Gasteiger partial charge in [-0.3, -0.25) is 14.5 Å². The average Bonchev–Trinajstić information content (AvgIpc) is 3.15. The van der Waals surface area contributed by atoms with Crippen LogP contribution in [0.15, 0.2) is 24.3 Å². The molecule has 1 aromatic rings. The van der Waals surface area contributed by atoms with Gasteiger partial charge < -0.3 is 9.80 Å². The molecule has 1 aliphatic carbocycles. The molecule has 8 heteroatoms. The molecule has 7 nitrogen and oxygen atoms in total. The number of aryl methyl sites for hydroxylation is 1. The van der Waals surface area contributed by atoms with E-state index in [1.54, 1.807) is 0 Å². The van der Waals surface area contributed by atoms with E-state index in [9.17, 15) is 18.0 Å². The topological polar surface area (TPSA) is 78.0 Å². The van der Waals surface area contributed by atoms with E-state index >= 15 is 0 Å². The molecule has 0 N–H and O–H groups in total. The molecule has 2 amide bonds. The molecule has 0 bridgehead atoms. The first-order valence-corrected chi connectivity index (χ1v) is 14.2. The highest BCUT2D eigenvalue weighted by atomic mass is 32.2. The Bertz CT molecular complexity index is 950. The number of nitrogens with zero attached hydrogens (tertiary/aromatic N) is 3. The van der Waals surface area contributed by atoms with Crippen molar-refractivity contribution in [3.8, 4) is 0 Å². The number of carbonyl (C=O) groups is 2. The van der Waals surface area contributed by atoms with Crippen LogP contribution in [-0.4, -0.2) is 91.2 Å². The zero-order valence-electron chi connectivity index (χ0n) is 19.7. The summed E-state index contributed by atoms with van der Waals surface area (Å²) in [5.74, 6) is 0.491. The number of piperazine rings is 1. The van der Waals surface area contributed by atoms with E-state index in [-0.39, 0.29) is 35.4 Å². The van der Waals surface area contributed by atoms with E-state index in [2.05, 4.69) is 4.90 Å². The number of amides is 2. The molecule has 33 heavy (non-hydrogen) atoms. The number of benzene rings is 1. The average molecular weight is 476 g/mol. The largest absolute Gasteiger partial charge is 0.340 e. The van der Waals surface area contributed by atoms with Crippen molar-refractivity contribution in [1.82, 2.24) is 14.7 Å². The minimum atomic E-state index is -3.04. The van der Waals surface area contributed by atoms with Gasteiger partial charge >= 0.3 is 0 Å². The first-order valence-electron chi connectivity index (χ1n) is 12.4. The van der Waals surface area contributed by atoms with Crippen LogP contribution in [0.5, 0.6) is 0 Å². The molecule has 2 aliphatic heterocycles. The molecule has 3 aliphatic rings. The van der Waals surface area contributed by atoms with E-state index < -0.39 is 9.84 Å². The highest BCUT2D eigenvalue weighted by molar-refractivity contribution is 7.91. The quantitative estimate of drug-likeness (QED) is 0.629. The second kappa shape index (κ2) is 10.6. The standard InChI is InChI=1S/C25H37N3O4S/c1-20-7-5-6-8-21(20)17-24(29)27-14-12-26(13-15-27)18-25(30)28(22-9-3-2-4-10-22)23-11-16-33(31,32)19-23/h5-8,22-23H,2-4,9-19H2,1H3. The highest BCUT2D eigenvalue weighted by Crippen LogP contribution is 2.28. The number of rotatable bonds is 6. The van der Waals surface area contributed by atoms with Gasteiger partial charge in [0.05, 0.1) is 24.5 Å². The summed E-state index contributed by atoms with van der Waals surface area (Å²) in [5.41, 5.74) is 2.20. The van der Waals surface area contributed by atoms with Crippen LogP contribution < -0.4 is 0 Å². The molecule has 0 radical (unpaired) electrons. The predicted octanol–water partition coefficient (Wildman–Crippen LogP) is 2.03. The molecular weight excluding hydrogens is 438 g/mol. The van der Waals surface area contributed by atoms with Crippen molar-refractivity contribution in [2.24, 2.45) is 0 Å². The Morgan fingerprint density at radius 1 is 0.970 bits per heavy atom. The number of sulfone groups is 1. The fourth-order valence-electron chi connectivity index (χ4n) is 5.57. The van der Waals surface area contributed by atoms with Gasteiger partial charge in [0.2, 0.25) is 11.8 Å². The van der Waals surface area contributed by atoms with Crippen LogP contribution >= 0.6 is 0 Å². The fourth-order valence-corrected chi connectivity index (χ4v) is 7.28. The van der Waals surface area contributed by atoms with E-state index in [1.807, 2.05) is 41.0 Å². The lowest BCUT2D eigenvalue weighted by Crippen LogP contribution is -2.55. The second-order valence-electron chi connectivity index (χ2n) is 9.91. The summed E-state index contributed by atoms with van der Waals surface area (Å²) >= 11 is 0. The summed E-state index contributed by atoms with van der Waals surface area (Å²) in [7, 11) is -3.04. The van der Waals surface area contributed by atoms with Crippen LogP contribution in [0.1, 0.15) is 49.7 Å². The number of hydrogen-bond donors (Lipinski definition) is 0. The van der Waals surface area contributed by atoms with Gasteiger partial charge in [-0.05, 0) is 37.3 Å². The van der Waals surface area contributed by atoms with Crippen LogP contribution in [0.2, 0.25) is 0 Å². The van der Waals surface area contributed by atoms with Crippen molar-refractivity contribution < 1.29 is 18.0 Å². The SMILES string of the molecule is Cc1ccccc1CC(=O)N1CCN(CC(=O)N(C2CCCCC2)C2CCS(=O)(=O)C2)CC1. The molecular formula is C25H37N3O4S. The monoisotopic (exact) mass is 475 g/mol. The maximum absolute atomic E-state index is 13.4. The summed E-state index contributed by atoms with van der Waals surface area (Å²) in [6.45, 7) is 4.94. The van der Waals surface area contributed by atoms with Crippen molar-refractivity contribution >= 4 is 21.7 Å². The minimum Gasteiger partial charge on any atom is -0.340 e. The van der Waals surface area contributed by atoms with Crippen LogP contribution in [0.25, 0.3) is 0 Å². The molecule has 2 saturated heterocycles. The van der Waals surface area contributed by atoms with Crippen LogP contribution in [-0.2, 0) is 25.8 Å². The lowest BCUT2D eigenvalue weighted by molar-refractivity contribution is -0.139. The summed E-state index contributed by atoms with van der Waals surface area (Å²) < 4.78 is 24.2. The van der Waals surface area contributed by atoms with E-state index in [0.717, 1.165) is 36.8 Å². The maximum atomic E-state index is 13.4. The van der Waals surface area contributed by atoms with Crippen molar-refractivity contribution in [1.29, 1.82) is 0 Å². The van der Waals surface area contributed by atoms with Gasteiger partial charge in [-0.1, -0.05) is 43.5 Å². The number of hydrogen-bond acceptors (Lipinski definition) is 5. The van der Waals surface area contributed by atoms with Crippen molar-refractivity contribution in [2.75, 3.05) is 44.2 Å². The molecule has 1 saturated carbocycles. The van der Waals surface area contributed by atoms with Gasteiger partial charge in [0, 0.05) is 38.3 Å². The van der Waals surface area contributed by atoms with Gasteiger partial charge in [-0.15, -0.1) is 0 Å². The van der Waals surface area contributed by atoms with Gasteiger partial charge in [-0.2, -0.15) is 0 Å². The Morgan fingerprint density at radius 2 is 1.67 bits per heavy atom. The lowest BCUT2D eigenvalue weighted by Gasteiger charge is -2.40. The molecule has 1 unspecified atom stereocenters. The third kappa shape index (κ3) is 6.15. The van der Waals surface area contributed by atoms with Gasteiger partial charge in [0.15, 0.2) is 9.84 Å². The molecule has 0 spiro atoms. The Morgan fingerprint density at radius 3 is 2.30 bits per heavy atom. The highest BCUT2D eigenvalue weighted by Gasteiger charge is 2.39. The van der Waals surface area contributed by atoms with Crippen LogP contribution in [0.4, 0.5) is 0 Å². The van der Waals surface area contributed by atoms with E-state index in [1.165, 1.54) is 6.42 Å². The zero-order chi connectivity index (χ0) is 23.4. The molecule has 3 fully saturated rings. The first kappa shape index (κ1) is 24.2. The second-order valence-corrected chi connectivity index (χ2v) is 12.1. The zero-order valence-corrected chi connectivity index (χ0v) is 20.6.